The fourth-order valence-electron chi connectivity index (χ4n) is 1.93. The van der Waals surface area contributed by atoms with Crippen LogP contribution in [0.1, 0.15) is 24.1 Å². The maximum Gasteiger partial charge on any atom is 0.175 e. The molecule has 4 nitrogen and oxygen atoms in total. The molecule has 0 radical (unpaired) electrons. The van der Waals surface area contributed by atoms with Gasteiger partial charge in [0, 0.05) is 31.2 Å². The lowest BCUT2D eigenvalue weighted by molar-refractivity contribution is 0.573. The van der Waals surface area contributed by atoms with E-state index in [0.717, 1.165) is 11.1 Å². The zero-order valence-corrected chi connectivity index (χ0v) is 13.4. The van der Waals surface area contributed by atoms with Crippen LogP contribution in [0.5, 0.6) is 0 Å². The number of nitrogens with zero attached hydrogens (tertiary/aromatic N) is 1. The van der Waals surface area contributed by atoms with Crippen molar-refractivity contribution < 1.29 is 8.42 Å². The molecule has 0 fully saturated rings. The Morgan fingerprint density at radius 2 is 1.90 bits per heavy atom. The van der Waals surface area contributed by atoms with Crippen molar-refractivity contribution in [2.45, 2.75) is 24.4 Å². The zero-order chi connectivity index (χ0) is 15.5. The van der Waals surface area contributed by atoms with Crippen molar-refractivity contribution in [3.63, 3.8) is 0 Å². The van der Waals surface area contributed by atoms with Gasteiger partial charge in [-0.05, 0) is 36.2 Å². The van der Waals surface area contributed by atoms with Crippen LogP contribution in [-0.4, -0.2) is 19.7 Å². The maximum absolute atomic E-state index is 11.4. The minimum atomic E-state index is -3.15. The summed E-state index contributed by atoms with van der Waals surface area (Å²) in [5.74, 6) is 0. The summed E-state index contributed by atoms with van der Waals surface area (Å²) in [5, 5.41) is 3.98. The molecule has 0 spiro atoms. The summed E-state index contributed by atoms with van der Waals surface area (Å²) in [6.45, 7) is 2.64. The maximum atomic E-state index is 11.4. The van der Waals surface area contributed by atoms with E-state index in [0.29, 0.717) is 16.5 Å². The Labute approximate surface area is 130 Å². The largest absolute Gasteiger partial charge is 0.306 e. The van der Waals surface area contributed by atoms with Gasteiger partial charge in [0.15, 0.2) is 9.84 Å². The molecule has 2 aromatic rings. The molecular formula is C15H17ClN2O2S. The fraction of sp³-hybridized carbons (Fsp3) is 0.267. The third-order valence-corrected chi connectivity index (χ3v) is 4.73. The van der Waals surface area contributed by atoms with Crippen LogP contribution in [0.2, 0.25) is 5.02 Å². The molecule has 1 aromatic heterocycles. The van der Waals surface area contributed by atoms with Crippen LogP contribution in [0.4, 0.5) is 0 Å². The lowest BCUT2D eigenvalue weighted by Gasteiger charge is -2.15. The van der Waals surface area contributed by atoms with Crippen molar-refractivity contribution in [3.8, 4) is 0 Å². The quantitative estimate of drug-likeness (QED) is 0.918. The summed E-state index contributed by atoms with van der Waals surface area (Å²) in [6, 6.07) is 8.85. The molecule has 1 aromatic carbocycles. The standard InChI is InChI=1S/C15H17ClN2O2S/c1-11(18-9-13-7-8-17-10-15(13)16)12-3-5-14(6-4-12)21(2,19)20/h3-8,10-11,18H,9H2,1-2H3/t11-/m0/s1. The average molecular weight is 325 g/mol. The number of nitrogens with one attached hydrogen (secondary N) is 1. The van der Waals surface area contributed by atoms with Gasteiger partial charge in [0.2, 0.25) is 0 Å². The summed E-state index contributed by atoms with van der Waals surface area (Å²) >= 11 is 6.06. The third-order valence-electron chi connectivity index (χ3n) is 3.26. The van der Waals surface area contributed by atoms with E-state index in [1.165, 1.54) is 6.26 Å². The molecule has 6 heteroatoms. The van der Waals surface area contributed by atoms with Gasteiger partial charge < -0.3 is 5.32 Å². The van der Waals surface area contributed by atoms with Crippen molar-refractivity contribution in [3.05, 3.63) is 58.9 Å². The Morgan fingerprint density at radius 3 is 2.48 bits per heavy atom. The van der Waals surface area contributed by atoms with Crippen LogP contribution in [0.3, 0.4) is 0 Å². The van der Waals surface area contributed by atoms with E-state index in [1.54, 1.807) is 24.5 Å². The number of rotatable bonds is 5. The van der Waals surface area contributed by atoms with E-state index in [4.69, 9.17) is 11.6 Å². The number of hydrogen-bond acceptors (Lipinski definition) is 4. The minimum absolute atomic E-state index is 0.0860. The Hall–Kier alpha value is -1.43. The molecule has 21 heavy (non-hydrogen) atoms. The molecule has 0 aliphatic rings. The van der Waals surface area contributed by atoms with Crippen molar-refractivity contribution in [2.75, 3.05) is 6.26 Å². The van der Waals surface area contributed by atoms with Crippen LogP contribution in [0, 0.1) is 0 Å². The predicted octanol–water partition coefficient (Wildman–Crippen LogP) is 2.99. The first-order valence-electron chi connectivity index (χ1n) is 6.49. The molecule has 0 saturated carbocycles. The molecule has 0 bridgehead atoms. The monoisotopic (exact) mass is 324 g/mol. The van der Waals surface area contributed by atoms with Crippen molar-refractivity contribution in [1.29, 1.82) is 0 Å². The van der Waals surface area contributed by atoms with Gasteiger partial charge in [-0.15, -0.1) is 0 Å². The van der Waals surface area contributed by atoms with Gasteiger partial charge in [-0.2, -0.15) is 0 Å². The number of sulfone groups is 1. The molecule has 1 N–H and O–H groups in total. The summed E-state index contributed by atoms with van der Waals surface area (Å²) in [5.41, 5.74) is 2.00. The zero-order valence-electron chi connectivity index (χ0n) is 11.9. The second kappa shape index (κ2) is 6.56. The number of aromatic nitrogens is 1. The topological polar surface area (TPSA) is 59.1 Å². The van der Waals surface area contributed by atoms with Crippen LogP contribution in [0.15, 0.2) is 47.6 Å². The van der Waals surface area contributed by atoms with Crippen LogP contribution >= 0.6 is 11.6 Å². The Bertz CT molecular complexity index is 715. The number of pyridine rings is 1. The van der Waals surface area contributed by atoms with Crippen LogP contribution in [-0.2, 0) is 16.4 Å². The molecule has 112 valence electrons. The van der Waals surface area contributed by atoms with Gasteiger partial charge in [0.05, 0.1) is 9.92 Å². The highest BCUT2D eigenvalue weighted by molar-refractivity contribution is 7.90. The SMILES string of the molecule is C[C@H](NCc1ccncc1Cl)c1ccc(S(C)(=O)=O)cc1. The van der Waals surface area contributed by atoms with Gasteiger partial charge in [0.25, 0.3) is 0 Å². The first-order chi connectivity index (χ1) is 9.88. The van der Waals surface area contributed by atoms with E-state index in [1.807, 2.05) is 25.1 Å². The molecule has 0 amide bonds. The van der Waals surface area contributed by atoms with Gasteiger partial charge in [0.1, 0.15) is 0 Å². The average Bonchev–Trinajstić information content (AvgIpc) is 2.45. The fourth-order valence-corrected chi connectivity index (χ4v) is 2.75. The smallest absolute Gasteiger partial charge is 0.175 e. The van der Waals surface area contributed by atoms with Gasteiger partial charge in [-0.25, -0.2) is 8.42 Å². The van der Waals surface area contributed by atoms with Crippen LogP contribution < -0.4 is 5.32 Å². The van der Waals surface area contributed by atoms with Crippen molar-refractivity contribution in [2.24, 2.45) is 0 Å². The molecule has 0 unspecified atom stereocenters. The second-order valence-corrected chi connectivity index (χ2v) is 7.33. The van der Waals surface area contributed by atoms with Crippen molar-refractivity contribution in [1.82, 2.24) is 10.3 Å². The summed E-state index contributed by atoms with van der Waals surface area (Å²) in [7, 11) is -3.15. The Kier molecular flexibility index (Phi) is 4.98. The predicted molar refractivity (Wildman–Crippen MR) is 84.1 cm³/mol. The summed E-state index contributed by atoms with van der Waals surface area (Å²) < 4.78 is 22.9. The highest BCUT2D eigenvalue weighted by Gasteiger charge is 2.10. The van der Waals surface area contributed by atoms with Gasteiger partial charge in [-0.1, -0.05) is 23.7 Å². The van der Waals surface area contributed by atoms with Crippen molar-refractivity contribution >= 4 is 21.4 Å². The molecule has 1 atom stereocenters. The van der Waals surface area contributed by atoms with Gasteiger partial charge >= 0.3 is 0 Å². The first kappa shape index (κ1) is 15.9. The van der Waals surface area contributed by atoms with E-state index >= 15 is 0 Å². The molecule has 0 saturated heterocycles. The van der Waals surface area contributed by atoms with E-state index in [9.17, 15) is 8.42 Å². The molecule has 1 heterocycles. The third kappa shape index (κ3) is 4.27. The van der Waals surface area contributed by atoms with Gasteiger partial charge in [-0.3, -0.25) is 4.98 Å². The highest BCUT2D eigenvalue weighted by atomic mass is 35.5. The highest BCUT2D eigenvalue weighted by Crippen LogP contribution is 2.18. The number of hydrogen-bond donors (Lipinski definition) is 1. The summed E-state index contributed by atoms with van der Waals surface area (Å²) in [6.07, 6.45) is 4.52. The lowest BCUT2D eigenvalue weighted by atomic mass is 10.1. The minimum Gasteiger partial charge on any atom is -0.306 e. The van der Waals surface area contributed by atoms with E-state index < -0.39 is 9.84 Å². The van der Waals surface area contributed by atoms with E-state index in [-0.39, 0.29) is 6.04 Å². The molecule has 2 rings (SSSR count). The first-order valence-corrected chi connectivity index (χ1v) is 8.76. The van der Waals surface area contributed by atoms with Crippen LogP contribution in [0.25, 0.3) is 0 Å². The number of benzene rings is 1. The lowest BCUT2D eigenvalue weighted by Crippen LogP contribution is -2.18. The normalized spacial score (nSPS) is 13.1. The number of halogens is 1. The molecule has 0 aliphatic heterocycles. The second-order valence-electron chi connectivity index (χ2n) is 4.91. The molecular weight excluding hydrogens is 308 g/mol. The summed E-state index contributed by atoms with van der Waals surface area (Å²) in [4.78, 5) is 4.28. The molecule has 0 aliphatic carbocycles. The Morgan fingerprint density at radius 1 is 1.24 bits per heavy atom. The Balaban J connectivity index is 2.04. The van der Waals surface area contributed by atoms with E-state index in [2.05, 4.69) is 10.3 Å².